The molecule has 0 radical (unpaired) electrons. The molecule has 40 heavy (non-hydrogen) atoms. The number of rotatable bonds is 4. The van der Waals surface area contributed by atoms with E-state index in [4.69, 9.17) is 5.11 Å². The maximum Gasteiger partial charge on any atom is 0.209 e. The third-order valence-electron chi connectivity index (χ3n) is 7.90. The number of allylic oxidation sites excluding steroid dienone is 6. The van der Waals surface area contributed by atoms with Crippen molar-refractivity contribution in [2.45, 2.75) is 52.4 Å². The molecule has 0 saturated heterocycles. The van der Waals surface area contributed by atoms with Gasteiger partial charge in [-0.15, -0.1) is 0 Å². The molecule has 2 heterocycles. The van der Waals surface area contributed by atoms with Gasteiger partial charge in [0.15, 0.2) is 5.71 Å². The summed E-state index contributed by atoms with van der Waals surface area (Å²) >= 11 is 0. The van der Waals surface area contributed by atoms with Crippen molar-refractivity contribution in [1.82, 2.24) is 0 Å². The van der Waals surface area contributed by atoms with Crippen molar-refractivity contribution in [3.8, 4) is 0 Å². The molecule has 3 aromatic rings. The number of para-hydroxylation sites is 2. The zero-order valence-corrected chi connectivity index (χ0v) is 25.5. The van der Waals surface area contributed by atoms with Crippen molar-refractivity contribution < 1.29 is 14.1 Å². The minimum absolute atomic E-state index is 0.108. The van der Waals surface area contributed by atoms with Crippen LogP contribution < -0.4 is 4.90 Å². The van der Waals surface area contributed by atoms with Crippen LogP contribution in [0.25, 0.3) is 5.57 Å². The minimum Gasteiger partial charge on any atom is -0.400 e. The van der Waals surface area contributed by atoms with Crippen molar-refractivity contribution in [3.05, 3.63) is 125 Å². The van der Waals surface area contributed by atoms with Crippen LogP contribution in [0.1, 0.15) is 58.2 Å². The molecule has 2 aliphatic heterocycles. The van der Waals surface area contributed by atoms with Crippen molar-refractivity contribution >= 4 is 22.7 Å². The molecule has 0 aromatic heterocycles. The predicted molar refractivity (Wildman–Crippen MR) is 169 cm³/mol. The van der Waals surface area contributed by atoms with Crippen LogP contribution in [0.3, 0.4) is 0 Å². The van der Waals surface area contributed by atoms with Gasteiger partial charge in [0.1, 0.15) is 12.9 Å². The highest BCUT2D eigenvalue weighted by Crippen LogP contribution is 2.46. The summed E-state index contributed by atoms with van der Waals surface area (Å²) in [5.41, 5.74) is 9.40. The molecule has 0 saturated carbocycles. The number of fused-ring (bicyclic) bond motifs is 2. The first-order chi connectivity index (χ1) is 19.1. The largest absolute Gasteiger partial charge is 0.400 e. The van der Waals surface area contributed by atoms with Gasteiger partial charge in [-0.3, -0.25) is 0 Å². The third kappa shape index (κ3) is 5.59. The quantitative estimate of drug-likeness (QED) is 0.266. The second-order valence-corrected chi connectivity index (χ2v) is 10.8. The fourth-order valence-corrected chi connectivity index (χ4v) is 5.83. The molecule has 0 fully saturated rings. The summed E-state index contributed by atoms with van der Waals surface area (Å²) in [6, 6.07) is 23.9. The van der Waals surface area contributed by atoms with Crippen LogP contribution in [-0.4, -0.2) is 36.6 Å². The third-order valence-corrected chi connectivity index (χ3v) is 7.90. The molecule has 0 unspecified atom stereocenters. The molecule has 5 rings (SSSR count). The number of nitrogens with zero attached hydrogens (tertiary/aromatic N) is 2. The van der Waals surface area contributed by atoms with Crippen LogP contribution in [0.2, 0.25) is 0 Å². The average molecular weight is 540 g/mol. The average Bonchev–Trinajstić information content (AvgIpc) is 3.29. The van der Waals surface area contributed by atoms with Crippen LogP contribution in [0.5, 0.6) is 0 Å². The number of hydrogen-bond donors (Lipinski definition) is 1. The van der Waals surface area contributed by atoms with E-state index in [1.807, 2.05) is 26.0 Å². The van der Waals surface area contributed by atoms with Gasteiger partial charge in [-0.25, -0.2) is 4.39 Å². The molecule has 0 amide bonds. The Hall–Kier alpha value is -3.76. The molecule has 210 valence electrons. The van der Waals surface area contributed by atoms with E-state index in [2.05, 4.69) is 124 Å². The molecule has 0 spiro atoms. The Labute approximate surface area is 240 Å². The topological polar surface area (TPSA) is 26.5 Å². The van der Waals surface area contributed by atoms with Crippen molar-refractivity contribution in [2.75, 3.05) is 26.1 Å². The summed E-state index contributed by atoms with van der Waals surface area (Å²) in [4.78, 5) is 2.27. The van der Waals surface area contributed by atoms with E-state index in [0.717, 1.165) is 18.2 Å². The van der Waals surface area contributed by atoms with Gasteiger partial charge in [-0.05, 0) is 60.9 Å². The number of halogens is 1. The normalized spacial score (nSPS) is 17.7. The summed E-state index contributed by atoms with van der Waals surface area (Å²) < 4.78 is 16.0. The Kier molecular flexibility index (Phi) is 9.70. The molecule has 0 aliphatic carbocycles. The molecule has 0 bridgehead atoms. The van der Waals surface area contributed by atoms with E-state index in [1.54, 1.807) is 0 Å². The summed E-state index contributed by atoms with van der Waals surface area (Å²) in [5.74, 6) is -0.228. The lowest BCUT2D eigenvalue weighted by atomic mass is 9.81. The highest BCUT2D eigenvalue weighted by Gasteiger charge is 2.42. The van der Waals surface area contributed by atoms with E-state index in [0.29, 0.717) is 0 Å². The fraction of sp³-hybridized carbons (Fsp3) is 0.306. The maximum absolute atomic E-state index is 13.8. The summed E-state index contributed by atoms with van der Waals surface area (Å²) in [7, 11) is 5.26. The van der Waals surface area contributed by atoms with Crippen LogP contribution in [0, 0.1) is 5.82 Å². The zero-order valence-electron chi connectivity index (χ0n) is 25.5. The summed E-state index contributed by atoms with van der Waals surface area (Å²) in [5, 5.41) is 7.00. The molecule has 2 aliphatic rings. The van der Waals surface area contributed by atoms with Crippen molar-refractivity contribution in [3.63, 3.8) is 0 Å². The first-order valence-electron chi connectivity index (χ1n) is 14.0. The maximum atomic E-state index is 13.8. The minimum atomic E-state index is -0.228. The second-order valence-electron chi connectivity index (χ2n) is 10.8. The first kappa shape index (κ1) is 30.8. The van der Waals surface area contributed by atoms with Gasteiger partial charge in [0, 0.05) is 48.7 Å². The first-order valence-corrected chi connectivity index (χ1v) is 14.0. The van der Waals surface area contributed by atoms with Crippen LogP contribution >= 0.6 is 0 Å². The Morgan fingerprint density at radius 2 is 1.40 bits per heavy atom. The number of aliphatic hydroxyl groups excluding tert-OH is 1. The number of benzene rings is 3. The van der Waals surface area contributed by atoms with Gasteiger partial charge >= 0.3 is 0 Å². The van der Waals surface area contributed by atoms with Crippen molar-refractivity contribution in [2.24, 2.45) is 0 Å². The Bertz CT molecular complexity index is 1460. The molecule has 0 atom stereocenters. The molecule has 4 heteroatoms. The highest BCUT2D eigenvalue weighted by molar-refractivity contribution is 6.04. The monoisotopic (exact) mass is 539 g/mol. The molecular formula is C36H44FN2O+. The van der Waals surface area contributed by atoms with Gasteiger partial charge in [0.2, 0.25) is 5.69 Å². The Morgan fingerprint density at radius 1 is 0.825 bits per heavy atom. The van der Waals surface area contributed by atoms with Gasteiger partial charge in [-0.2, -0.15) is 4.58 Å². The van der Waals surface area contributed by atoms with Crippen LogP contribution in [-0.2, 0) is 10.8 Å². The number of anilines is 1. The van der Waals surface area contributed by atoms with E-state index in [1.165, 1.54) is 46.0 Å². The number of likely N-dealkylation sites (N-methyl/N-ethyl adjacent to an activating group) is 1. The van der Waals surface area contributed by atoms with Crippen LogP contribution in [0.15, 0.2) is 103 Å². The summed E-state index contributed by atoms with van der Waals surface area (Å²) in [6.45, 7) is 13.1. The lowest BCUT2D eigenvalue weighted by molar-refractivity contribution is -0.401. The van der Waals surface area contributed by atoms with Gasteiger partial charge in [0.05, 0.1) is 5.41 Å². The molecule has 1 N–H and O–H groups in total. The standard InChI is InChI=1S/C33H34FN2.C2H6.CH4O/c1-32(2)26-11-7-9-13-28(26)35(5)30(32)21-17-24(23-15-19-25(34)20-16-23)18-22-31-33(3,4)27-12-8-10-14-29(27)36(31)6;2*1-2/h7-22H,1-6H3;1-2H3;2H,1H3/q+1;;. The lowest BCUT2D eigenvalue weighted by Crippen LogP contribution is -2.26. The van der Waals surface area contributed by atoms with E-state index in [-0.39, 0.29) is 16.6 Å². The van der Waals surface area contributed by atoms with E-state index < -0.39 is 0 Å². The predicted octanol–water partition coefficient (Wildman–Crippen LogP) is 8.42. The highest BCUT2D eigenvalue weighted by atomic mass is 19.1. The zero-order chi connectivity index (χ0) is 29.7. The van der Waals surface area contributed by atoms with Crippen molar-refractivity contribution in [1.29, 1.82) is 0 Å². The van der Waals surface area contributed by atoms with E-state index >= 15 is 0 Å². The Morgan fingerprint density at radius 3 is 2.00 bits per heavy atom. The Balaban J connectivity index is 0.00000106. The number of aliphatic hydroxyl groups is 1. The SMILES string of the molecule is CC.CN1/C(=C/C=C(/C=C/C2=[N+](C)c3ccccc3C2(C)C)c2ccc(F)cc2)C(C)(C)c2ccccc21.CO. The summed E-state index contributed by atoms with van der Waals surface area (Å²) in [6.07, 6.45) is 8.76. The number of hydrogen-bond acceptors (Lipinski definition) is 2. The molecule has 3 aromatic carbocycles. The molecule has 3 nitrogen and oxygen atoms in total. The van der Waals surface area contributed by atoms with Crippen LogP contribution in [0.4, 0.5) is 15.8 Å². The molecular weight excluding hydrogens is 495 g/mol. The van der Waals surface area contributed by atoms with Gasteiger partial charge in [-0.1, -0.05) is 82.3 Å². The van der Waals surface area contributed by atoms with E-state index in [9.17, 15) is 4.39 Å². The second kappa shape index (κ2) is 12.6. The fourth-order valence-electron chi connectivity index (χ4n) is 5.83. The smallest absolute Gasteiger partial charge is 0.209 e. The van der Waals surface area contributed by atoms with Gasteiger partial charge in [0.25, 0.3) is 0 Å². The van der Waals surface area contributed by atoms with Gasteiger partial charge < -0.3 is 10.0 Å². The lowest BCUT2D eigenvalue weighted by Gasteiger charge is -2.23.